The summed E-state index contributed by atoms with van der Waals surface area (Å²) in [6.07, 6.45) is 0.208. The fourth-order valence-corrected chi connectivity index (χ4v) is 2.44. The van der Waals surface area contributed by atoms with Crippen molar-refractivity contribution >= 4 is 11.9 Å². The molecule has 1 N–H and O–H groups in total. The zero-order chi connectivity index (χ0) is 16.4. The van der Waals surface area contributed by atoms with E-state index in [4.69, 9.17) is 14.3 Å². The Morgan fingerprint density at radius 2 is 2.04 bits per heavy atom. The molecule has 1 fully saturated rings. The van der Waals surface area contributed by atoms with Crippen molar-refractivity contribution in [2.75, 3.05) is 19.7 Å². The number of ether oxygens (including phenoxy) is 1. The van der Waals surface area contributed by atoms with Crippen LogP contribution in [0.2, 0.25) is 0 Å². The number of aliphatic carboxylic acids is 1. The van der Waals surface area contributed by atoms with Gasteiger partial charge in [0.05, 0.1) is 13.2 Å². The number of aromatic nitrogens is 1. The number of oxazole rings is 1. The van der Waals surface area contributed by atoms with Crippen LogP contribution >= 0.6 is 0 Å². The maximum Gasteiger partial charge on any atom is 0.334 e. The third kappa shape index (κ3) is 3.09. The molecule has 0 radical (unpaired) electrons. The van der Waals surface area contributed by atoms with Gasteiger partial charge < -0.3 is 19.2 Å². The number of carbonyl (C=O) groups is 2. The van der Waals surface area contributed by atoms with Crippen molar-refractivity contribution < 1.29 is 23.8 Å². The van der Waals surface area contributed by atoms with Crippen molar-refractivity contribution in [2.45, 2.75) is 13.0 Å². The lowest BCUT2D eigenvalue weighted by Gasteiger charge is -2.30. The van der Waals surface area contributed by atoms with Gasteiger partial charge in [-0.15, -0.1) is 0 Å². The van der Waals surface area contributed by atoms with E-state index in [9.17, 15) is 9.59 Å². The summed E-state index contributed by atoms with van der Waals surface area (Å²) in [5, 5.41) is 9.03. The standard InChI is InChI=1S/C16H16N2O5/c1-10-2-4-11(5-3-10)14-13(17-9-23-14)15(19)18-6-7-22-12(8-18)16(20)21/h2-5,9,12H,6-8H2,1H3,(H,20,21)/t12-/m1/s1. The number of nitrogens with zero attached hydrogens (tertiary/aromatic N) is 2. The molecule has 120 valence electrons. The van der Waals surface area contributed by atoms with Crippen molar-refractivity contribution in [2.24, 2.45) is 0 Å². The zero-order valence-electron chi connectivity index (χ0n) is 12.6. The van der Waals surface area contributed by atoms with Gasteiger partial charge in [0.2, 0.25) is 0 Å². The van der Waals surface area contributed by atoms with Crippen LogP contribution in [0.3, 0.4) is 0 Å². The first-order valence-corrected chi connectivity index (χ1v) is 7.20. The summed E-state index contributed by atoms with van der Waals surface area (Å²) in [7, 11) is 0. The quantitative estimate of drug-likeness (QED) is 0.924. The second-order valence-electron chi connectivity index (χ2n) is 5.34. The van der Waals surface area contributed by atoms with Crippen molar-refractivity contribution in [1.82, 2.24) is 9.88 Å². The molecule has 0 saturated carbocycles. The van der Waals surface area contributed by atoms with Crippen LogP contribution in [-0.4, -0.2) is 52.7 Å². The first-order valence-electron chi connectivity index (χ1n) is 7.20. The van der Waals surface area contributed by atoms with Gasteiger partial charge in [-0.3, -0.25) is 4.79 Å². The van der Waals surface area contributed by atoms with E-state index in [0.29, 0.717) is 12.3 Å². The van der Waals surface area contributed by atoms with Crippen LogP contribution < -0.4 is 0 Å². The predicted octanol–water partition coefficient (Wildman–Crippen LogP) is 1.58. The molecule has 1 aromatic carbocycles. The molecule has 2 heterocycles. The number of benzene rings is 1. The number of aryl methyl sites for hydroxylation is 1. The van der Waals surface area contributed by atoms with Crippen LogP contribution in [0, 0.1) is 6.92 Å². The van der Waals surface area contributed by atoms with Gasteiger partial charge in [-0.25, -0.2) is 9.78 Å². The molecular formula is C16H16N2O5. The van der Waals surface area contributed by atoms with Gasteiger partial charge in [0.25, 0.3) is 5.91 Å². The van der Waals surface area contributed by atoms with Gasteiger partial charge in [0.15, 0.2) is 24.0 Å². The molecule has 0 bridgehead atoms. The number of rotatable bonds is 3. The Morgan fingerprint density at radius 3 is 2.74 bits per heavy atom. The van der Waals surface area contributed by atoms with Crippen molar-refractivity contribution in [1.29, 1.82) is 0 Å². The van der Waals surface area contributed by atoms with Crippen LogP contribution in [0.1, 0.15) is 16.1 Å². The molecule has 1 amide bonds. The number of carbonyl (C=O) groups excluding carboxylic acids is 1. The van der Waals surface area contributed by atoms with Crippen LogP contribution in [-0.2, 0) is 9.53 Å². The van der Waals surface area contributed by atoms with Gasteiger partial charge in [0.1, 0.15) is 0 Å². The summed E-state index contributed by atoms with van der Waals surface area (Å²) in [5.74, 6) is -1.06. The van der Waals surface area contributed by atoms with Crippen molar-refractivity contribution in [3.63, 3.8) is 0 Å². The Morgan fingerprint density at radius 1 is 1.30 bits per heavy atom. The van der Waals surface area contributed by atoms with E-state index in [0.717, 1.165) is 11.1 Å². The highest BCUT2D eigenvalue weighted by atomic mass is 16.5. The fraction of sp³-hybridized carbons (Fsp3) is 0.312. The normalized spacial score (nSPS) is 18.0. The molecule has 1 aliphatic heterocycles. The van der Waals surface area contributed by atoms with Crippen LogP contribution in [0.4, 0.5) is 0 Å². The summed E-state index contributed by atoms with van der Waals surface area (Å²) in [4.78, 5) is 29.1. The molecule has 7 heteroatoms. The Balaban J connectivity index is 1.85. The van der Waals surface area contributed by atoms with E-state index >= 15 is 0 Å². The molecular weight excluding hydrogens is 300 g/mol. The number of morpholine rings is 1. The minimum absolute atomic E-state index is 0.00559. The second-order valence-corrected chi connectivity index (χ2v) is 5.34. The maximum absolute atomic E-state index is 12.6. The van der Waals surface area contributed by atoms with Gasteiger partial charge in [-0.2, -0.15) is 0 Å². The smallest absolute Gasteiger partial charge is 0.334 e. The maximum atomic E-state index is 12.6. The first kappa shape index (κ1) is 15.2. The van der Waals surface area contributed by atoms with Crippen molar-refractivity contribution in [3.05, 3.63) is 41.9 Å². The molecule has 1 saturated heterocycles. The SMILES string of the molecule is Cc1ccc(-c2ocnc2C(=O)N2CCO[C@@H](C(=O)O)C2)cc1. The average Bonchev–Trinajstić information content (AvgIpc) is 3.04. The number of carboxylic acids is 1. The average molecular weight is 316 g/mol. The van der Waals surface area contributed by atoms with Gasteiger partial charge in [0, 0.05) is 12.1 Å². The lowest BCUT2D eigenvalue weighted by atomic mass is 10.1. The predicted molar refractivity (Wildman–Crippen MR) is 80.0 cm³/mol. The van der Waals surface area contributed by atoms with E-state index < -0.39 is 12.1 Å². The van der Waals surface area contributed by atoms with E-state index in [-0.39, 0.29) is 24.8 Å². The number of amides is 1. The van der Waals surface area contributed by atoms with Crippen LogP contribution in [0.5, 0.6) is 0 Å². The van der Waals surface area contributed by atoms with Gasteiger partial charge >= 0.3 is 5.97 Å². The molecule has 1 aliphatic rings. The zero-order valence-corrected chi connectivity index (χ0v) is 12.6. The van der Waals surface area contributed by atoms with E-state index in [2.05, 4.69) is 4.98 Å². The minimum Gasteiger partial charge on any atom is -0.479 e. The molecule has 2 aromatic rings. The van der Waals surface area contributed by atoms with E-state index in [1.807, 2.05) is 31.2 Å². The molecule has 0 spiro atoms. The third-order valence-corrected chi connectivity index (χ3v) is 3.71. The molecule has 7 nitrogen and oxygen atoms in total. The molecule has 0 aliphatic carbocycles. The van der Waals surface area contributed by atoms with Crippen LogP contribution in [0.15, 0.2) is 35.1 Å². The molecule has 1 atom stereocenters. The highest BCUT2D eigenvalue weighted by molar-refractivity contribution is 5.98. The van der Waals surface area contributed by atoms with Crippen molar-refractivity contribution in [3.8, 4) is 11.3 Å². The summed E-state index contributed by atoms with van der Waals surface area (Å²) in [6, 6.07) is 7.54. The molecule has 3 rings (SSSR count). The van der Waals surface area contributed by atoms with Crippen LogP contribution in [0.25, 0.3) is 11.3 Å². The topological polar surface area (TPSA) is 92.9 Å². The highest BCUT2D eigenvalue weighted by Gasteiger charge is 2.32. The largest absolute Gasteiger partial charge is 0.479 e. The van der Waals surface area contributed by atoms with Gasteiger partial charge in [-0.05, 0) is 6.92 Å². The van der Waals surface area contributed by atoms with Gasteiger partial charge in [-0.1, -0.05) is 29.8 Å². The van der Waals surface area contributed by atoms with E-state index in [1.54, 1.807) is 0 Å². The Kier molecular flexibility index (Phi) is 4.12. The first-order chi connectivity index (χ1) is 11.1. The molecule has 0 unspecified atom stereocenters. The third-order valence-electron chi connectivity index (χ3n) is 3.71. The lowest BCUT2D eigenvalue weighted by Crippen LogP contribution is -2.48. The Labute approximate surface area is 132 Å². The summed E-state index contributed by atoms with van der Waals surface area (Å²) in [6.45, 7) is 2.47. The number of hydrogen-bond acceptors (Lipinski definition) is 5. The summed E-state index contributed by atoms with van der Waals surface area (Å²) >= 11 is 0. The number of carboxylic acid groups (broad SMARTS) is 1. The summed E-state index contributed by atoms with van der Waals surface area (Å²) in [5.41, 5.74) is 2.03. The number of hydrogen-bond donors (Lipinski definition) is 1. The monoisotopic (exact) mass is 316 g/mol. The molecule has 23 heavy (non-hydrogen) atoms. The Bertz CT molecular complexity index is 722. The second kappa shape index (κ2) is 6.21. The highest BCUT2D eigenvalue weighted by Crippen LogP contribution is 2.25. The molecule has 1 aromatic heterocycles. The fourth-order valence-electron chi connectivity index (χ4n) is 2.44. The van der Waals surface area contributed by atoms with E-state index in [1.165, 1.54) is 11.3 Å². The minimum atomic E-state index is -1.08. The Hall–Kier alpha value is -2.67. The lowest BCUT2D eigenvalue weighted by molar-refractivity contribution is -0.154. The summed E-state index contributed by atoms with van der Waals surface area (Å²) < 4.78 is 10.5.